The minimum absolute atomic E-state index is 0.0565. The first kappa shape index (κ1) is 23.2. The third-order valence-electron chi connectivity index (χ3n) is 4.62. The molecule has 31 heavy (non-hydrogen) atoms. The molecule has 2 aromatic rings. The second-order valence-corrected chi connectivity index (χ2v) is 11.2. The highest BCUT2D eigenvalue weighted by atomic mass is 35.5. The smallest absolute Gasteiger partial charge is 0.337 e. The standard InChI is InChI=1S/C19H19ClN2O7S2/c1-29-19(24)13-4-7-16(20)17(10-13)21-18(23)12-2-5-15(6-3-12)31(27,28)22-14-8-9-30(25,26)11-14/h2-7,10,14,22H,8-9,11H2,1H3,(H,21,23). The average molecular weight is 487 g/mol. The molecule has 1 aliphatic rings. The normalized spacial score (nSPS) is 17.8. The number of anilines is 1. The van der Waals surface area contributed by atoms with Crippen molar-refractivity contribution in [3.05, 3.63) is 58.6 Å². The van der Waals surface area contributed by atoms with Gasteiger partial charge >= 0.3 is 5.97 Å². The number of sulfonamides is 1. The van der Waals surface area contributed by atoms with Gasteiger partial charge in [-0.15, -0.1) is 0 Å². The Kier molecular flexibility index (Phi) is 6.70. The molecule has 1 amide bonds. The fourth-order valence-electron chi connectivity index (χ4n) is 3.02. The minimum Gasteiger partial charge on any atom is -0.465 e. The Morgan fingerprint density at radius 1 is 1.10 bits per heavy atom. The fourth-order valence-corrected chi connectivity index (χ4v) is 6.24. The zero-order chi connectivity index (χ0) is 22.8. The number of carbonyl (C=O) groups excluding carboxylic acids is 2. The Labute approximate surface area is 184 Å². The number of sulfone groups is 1. The Bertz CT molecular complexity index is 1230. The van der Waals surface area contributed by atoms with E-state index in [1.807, 2.05) is 0 Å². The van der Waals surface area contributed by atoms with Gasteiger partial charge in [0.05, 0.1) is 39.8 Å². The van der Waals surface area contributed by atoms with Crippen molar-refractivity contribution in [2.75, 3.05) is 23.9 Å². The lowest BCUT2D eigenvalue weighted by atomic mass is 10.1. The van der Waals surface area contributed by atoms with Gasteiger partial charge in [-0.2, -0.15) is 0 Å². The van der Waals surface area contributed by atoms with Crippen LogP contribution in [0.2, 0.25) is 5.02 Å². The molecule has 12 heteroatoms. The molecule has 0 bridgehead atoms. The molecule has 2 N–H and O–H groups in total. The van der Waals surface area contributed by atoms with E-state index < -0.39 is 37.8 Å². The predicted octanol–water partition coefficient (Wildman–Crippen LogP) is 1.84. The first-order valence-electron chi connectivity index (χ1n) is 9.03. The highest BCUT2D eigenvalue weighted by Gasteiger charge is 2.31. The lowest BCUT2D eigenvalue weighted by Gasteiger charge is -2.12. The number of carbonyl (C=O) groups is 2. The van der Waals surface area contributed by atoms with Crippen LogP contribution in [0.3, 0.4) is 0 Å². The zero-order valence-corrected chi connectivity index (χ0v) is 18.7. The number of benzene rings is 2. The number of hydrogen-bond acceptors (Lipinski definition) is 7. The van der Waals surface area contributed by atoms with E-state index in [0.717, 1.165) is 0 Å². The van der Waals surface area contributed by atoms with Crippen molar-refractivity contribution in [1.29, 1.82) is 0 Å². The van der Waals surface area contributed by atoms with Gasteiger partial charge in [0.2, 0.25) is 10.0 Å². The molecule has 3 rings (SSSR count). The third-order valence-corrected chi connectivity index (χ3v) is 8.25. The molecule has 0 spiro atoms. The molecule has 0 aliphatic carbocycles. The summed E-state index contributed by atoms with van der Waals surface area (Å²) in [4.78, 5) is 24.1. The van der Waals surface area contributed by atoms with E-state index in [9.17, 15) is 26.4 Å². The quantitative estimate of drug-likeness (QED) is 0.594. The van der Waals surface area contributed by atoms with E-state index in [0.29, 0.717) is 0 Å². The molecule has 0 saturated carbocycles. The summed E-state index contributed by atoms with van der Waals surface area (Å²) >= 11 is 6.06. The number of amides is 1. The Morgan fingerprint density at radius 2 is 1.74 bits per heavy atom. The van der Waals surface area contributed by atoms with Gasteiger partial charge in [0, 0.05) is 11.6 Å². The Morgan fingerprint density at radius 3 is 2.32 bits per heavy atom. The number of esters is 1. The van der Waals surface area contributed by atoms with E-state index in [-0.39, 0.29) is 44.7 Å². The average Bonchev–Trinajstić information content (AvgIpc) is 3.06. The van der Waals surface area contributed by atoms with Gasteiger partial charge in [-0.05, 0) is 48.9 Å². The van der Waals surface area contributed by atoms with E-state index in [1.165, 1.54) is 49.6 Å². The molecular formula is C19H19ClN2O7S2. The number of rotatable bonds is 6. The molecule has 1 saturated heterocycles. The maximum atomic E-state index is 12.5. The predicted molar refractivity (Wildman–Crippen MR) is 115 cm³/mol. The number of hydrogen-bond donors (Lipinski definition) is 2. The summed E-state index contributed by atoms with van der Waals surface area (Å²) < 4.78 is 55.0. The molecule has 2 aromatic carbocycles. The van der Waals surface area contributed by atoms with Crippen molar-refractivity contribution in [1.82, 2.24) is 4.72 Å². The minimum atomic E-state index is -3.94. The molecule has 9 nitrogen and oxygen atoms in total. The summed E-state index contributed by atoms with van der Waals surface area (Å²) in [5, 5.41) is 2.77. The van der Waals surface area contributed by atoms with E-state index >= 15 is 0 Å². The molecule has 1 fully saturated rings. The van der Waals surface area contributed by atoms with Crippen molar-refractivity contribution >= 4 is 49.0 Å². The molecule has 1 atom stereocenters. The molecule has 1 unspecified atom stereocenters. The first-order valence-corrected chi connectivity index (χ1v) is 12.7. The lowest BCUT2D eigenvalue weighted by molar-refractivity contribution is 0.0600. The molecule has 166 valence electrons. The van der Waals surface area contributed by atoms with Gasteiger partial charge < -0.3 is 10.1 Å². The van der Waals surface area contributed by atoms with E-state index in [2.05, 4.69) is 14.8 Å². The van der Waals surface area contributed by atoms with Crippen LogP contribution in [-0.4, -0.2) is 53.4 Å². The summed E-state index contributed by atoms with van der Waals surface area (Å²) in [5.74, 6) is -1.45. The summed E-state index contributed by atoms with van der Waals surface area (Å²) in [7, 11) is -5.94. The molecule has 0 radical (unpaired) electrons. The summed E-state index contributed by atoms with van der Waals surface area (Å²) in [6.07, 6.45) is 0.216. The maximum absolute atomic E-state index is 12.5. The van der Waals surface area contributed by atoms with Crippen LogP contribution in [0.1, 0.15) is 27.1 Å². The Hall–Kier alpha value is -2.47. The van der Waals surface area contributed by atoms with Gasteiger partial charge in [-0.1, -0.05) is 11.6 Å². The lowest BCUT2D eigenvalue weighted by Crippen LogP contribution is -2.35. The van der Waals surface area contributed by atoms with Crippen LogP contribution in [-0.2, 0) is 24.6 Å². The van der Waals surface area contributed by atoms with Crippen LogP contribution in [0.15, 0.2) is 47.4 Å². The summed E-state index contributed by atoms with van der Waals surface area (Å²) in [5.41, 5.74) is 0.543. The highest BCUT2D eigenvalue weighted by Crippen LogP contribution is 2.24. The van der Waals surface area contributed by atoms with Crippen LogP contribution < -0.4 is 10.0 Å². The number of nitrogens with one attached hydrogen (secondary N) is 2. The Balaban J connectivity index is 1.73. The van der Waals surface area contributed by atoms with Crippen molar-refractivity contribution in [3.63, 3.8) is 0 Å². The second-order valence-electron chi connectivity index (χ2n) is 6.89. The number of ether oxygens (including phenoxy) is 1. The molecule has 1 aliphatic heterocycles. The largest absolute Gasteiger partial charge is 0.465 e. The van der Waals surface area contributed by atoms with Gasteiger partial charge in [0.25, 0.3) is 5.91 Å². The topological polar surface area (TPSA) is 136 Å². The van der Waals surface area contributed by atoms with Crippen LogP contribution in [0.25, 0.3) is 0 Å². The van der Waals surface area contributed by atoms with Crippen molar-refractivity contribution in [2.24, 2.45) is 0 Å². The number of halogens is 1. The molecule has 0 aromatic heterocycles. The highest BCUT2D eigenvalue weighted by molar-refractivity contribution is 7.92. The van der Waals surface area contributed by atoms with Crippen molar-refractivity contribution < 1.29 is 31.2 Å². The van der Waals surface area contributed by atoms with Gasteiger partial charge in [0.15, 0.2) is 9.84 Å². The van der Waals surface area contributed by atoms with Crippen LogP contribution in [0.5, 0.6) is 0 Å². The van der Waals surface area contributed by atoms with E-state index in [1.54, 1.807) is 0 Å². The molecule has 1 heterocycles. The monoisotopic (exact) mass is 486 g/mol. The van der Waals surface area contributed by atoms with Crippen LogP contribution in [0.4, 0.5) is 5.69 Å². The summed E-state index contributed by atoms with van der Waals surface area (Å²) in [6.45, 7) is 0. The zero-order valence-electron chi connectivity index (χ0n) is 16.3. The van der Waals surface area contributed by atoms with Crippen molar-refractivity contribution in [3.8, 4) is 0 Å². The third kappa shape index (κ3) is 5.62. The summed E-state index contributed by atoms with van der Waals surface area (Å²) in [6, 6.07) is 8.69. The van der Waals surface area contributed by atoms with Crippen LogP contribution >= 0.6 is 11.6 Å². The number of methoxy groups -OCH3 is 1. The maximum Gasteiger partial charge on any atom is 0.337 e. The van der Waals surface area contributed by atoms with Gasteiger partial charge in [0.1, 0.15) is 0 Å². The second kappa shape index (κ2) is 8.95. The van der Waals surface area contributed by atoms with Crippen LogP contribution in [0, 0.1) is 0 Å². The van der Waals surface area contributed by atoms with Gasteiger partial charge in [-0.3, -0.25) is 4.79 Å². The van der Waals surface area contributed by atoms with Gasteiger partial charge in [-0.25, -0.2) is 26.4 Å². The SMILES string of the molecule is COC(=O)c1ccc(Cl)c(NC(=O)c2ccc(S(=O)(=O)NC3CCS(=O)(=O)C3)cc2)c1. The fraction of sp³-hybridized carbons (Fsp3) is 0.263. The van der Waals surface area contributed by atoms with Crippen molar-refractivity contribution in [2.45, 2.75) is 17.4 Å². The van der Waals surface area contributed by atoms with E-state index in [4.69, 9.17) is 11.6 Å². The first-order chi connectivity index (χ1) is 14.5. The molecular weight excluding hydrogens is 468 g/mol.